The Labute approximate surface area is 123 Å². The van der Waals surface area contributed by atoms with Crippen molar-refractivity contribution in [3.8, 4) is 0 Å². The van der Waals surface area contributed by atoms with Crippen LogP contribution in [0.3, 0.4) is 0 Å². The molecule has 112 valence electrons. The number of hydrogen-bond donors (Lipinski definition) is 1. The van der Waals surface area contributed by atoms with E-state index in [9.17, 15) is 9.59 Å². The number of carbonyl (C=O) groups excluding carboxylic acids is 2. The fraction of sp³-hybridized carbons (Fsp3) is 0.375. The summed E-state index contributed by atoms with van der Waals surface area (Å²) in [5.41, 5.74) is 0.343. The second kappa shape index (κ2) is 7.04. The van der Waals surface area contributed by atoms with Gasteiger partial charge in [0.15, 0.2) is 0 Å². The van der Waals surface area contributed by atoms with Gasteiger partial charge in [-0.2, -0.15) is 0 Å². The highest BCUT2D eigenvalue weighted by Gasteiger charge is 2.37. The number of ether oxygens (including phenoxy) is 2. The highest BCUT2D eigenvalue weighted by molar-refractivity contribution is 5.91. The van der Waals surface area contributed by atoms with Crippen molar-refractivity contribution in [3.63, 3.8) is 0 Å². The van der Waals surface area contributed by atoms with Crippen LogP contribution in [-0.4, -0.2) is 32.1 Å². The SMILES string of the molecule is COC(=O)/C=C\C(=O)OC1(c2ccccc2)CCNCC1. The van der Waals surface area contributed by atoms with Gasteiger partial charge in [-0.05, 0) is 18.7 Å². The predicted octanol–water partition coefficient (Wildman–Crippen LogP) is 1.54. The van der Waals surface area contributed by atoms with Crippen molar-refractivity contribution in [3.05, 3.63) is 48.0 Å². The van der Waals surface area contributed by atoms with Crippen LogP contribution in [-0.2, 0) is 24.7 Å². The maximum Gasteiger partial charge on any atom is 0.331 e. The molecule has 2 rings (SSSR count). The third-order valence-electron chi connectivity index (χ3n) is 3.56. The highest BCUT2D eigenvalue weighted by Crippen LogP contribution is 2.34. The molecule has 1 aliphatic rings. The molecule has 21 heavy (non-hydrogen) atoms. The first-order valence-corrected chi connectivity index (χ1v) is 6.91. The summed E-state index contributed by atoms with van der Waals surface area (Å²) in [6.45, 7) is 1.56. The van der Waals surface area contributed by atoms with Gasteiger partial charge >= 0.3 is 11.9 Å². The van der Waals surface area contributed by atoms with E-state index in [0.29, 0.717) is 12.8 Å². The fourth-order valence-corrected chi connectivity index (χ4v) is 2.45. The Morgan fingerprint density at radius 3 is 2.33 bits per heavy atom. The van der Waals surface area contributed by atoms with Crippen LogP contribution in [0.2, 0.25) is 0 Å². The zero-order valence-corrected chi connectivity index (χ0v) is 12.0. The number of methoxy groups -OCH3 is 1. The lowest BCUT2D eigenvalue weighted by atomic mass is 9.85. The molecule has 1 N–H and O–H groups in total. The van der Waals surface area contributed by atoms with Crippen molar-refractivity contribution in [2.24, 2.45) is 0 Å². The van der Waals surface area contributed by atoms with Gasteiger partial charge in [-0.1, -0.05) is 30.3 Å². The summed E-state index contributed by atoms with van der Waals surface area (Å²) in [7, 11) is 1.26. The van der Waals surface area contributed by atoms with E-state index in [0.717, 1.165) is 30.8 Å². The Bertz CT molecular complexity index is 518. The van der Waals surface area contributed by atoms with Gasteiger partial charge in [-0.25, -0.2) is 9.59 Å². The predicted molar refractivity (Wildman–Crippen MR) is 77.5 cm³/mol. The van der Waals surface area contributed by atoms with Gasteiger partial charge in [0.25, 0.3) is 0 Å². The second-order valence-corrected chi connectivity index (χ2v) is 4.89. The van der Waals surface area contributed by atoms with Gasteiger partial charge in [0, 0.05) is 25.0 Å². The standard InChI is InChI=1S/C16H19NO4/c1-20-14(18)7-8-15(19)21-16(9-11-17-12-10-16)13-5-3-2-4-6-13/h2-8,17H,9-12H2,1H3/b8-7-. The molecule has 0 aliphatic carbocycles. The molecule has 0 aromatic heterocycles. The van der Waals surface area contributed by atoms with Crippen LogP contribution >= 0.6 is 0 Å². The number of esters is 2. The first-order chi connectivity index (χ1) is 10.2. The molecule has 1 aliphatic heterocycles. The van der Waals surface area contributed by atoms with Crippen LogP contribution in [0, 0.1) is 0 Å². The summed E-state index contributed by atoms with van der Waals surface area (Å²) < 4.78 is 10.1. The summed E-state index contributed by atoms with van der Waals surface area (Å²) in [6.07, 6.45) is 3.59. The molecular weight excluding hydrogens is 270 g/mol. The zero-order valence-electron chi connectivity index (χ0n) is 12.0. The van der Waals surface area contributed by atoms with E-state index in [1.165, 1.54) is 7.11 Å². The van der Waals surface area contributed by atoms with Crippen molar-refractivity contribution < 1.29 is 19.1 Å². The minimum absolute atomic E-state index is 0.536. The lowest BCUT2D eigenvalue weighted by molar-refractivity contribution is -0.158. The third-order valence-corrected chi connectivity index (χ3v) is 3.56. The summed E-state index contributed by atoms with van der Waals surface area (Å²) in [4.78, 5) is 23.0. The number of rotatable bonds is 4. The van der Waals surface area contributed by atoms with Gasteiger partial charge < -0.3 is 14.8 Å². The molecule has 0 unspecified atom stereocenters. The smallest absolute Gasteiger partial charge is 0.331 e. The molecule has 0 radical (unpaired) electrons. The maximum atomic E-state index is 12.0. The maximum absolute atomic E-state index is 12.0. The second-order valence-electron chi connectivity index (χ2n) is 4.89. The van der Waals surface area contributed by atoms with Crippen LogP contribution in [0.5, 0.6) is 0 Å². The van der Waals surface area contributed by atoms with Gasteiger partial charge in [-0.3, -0.25) is 0 Å². The molecule has 0 spiro atoms. The van der Waals surface area contributed by atoms with E-state index < -0.39 is 17.5 Å². The molecule has 0 saturated carbocycles. The summed E-state index contributed by atoms with van der Waals surface area (Å²) >= 11 is 0. The lowest BCUT2D eigenvalue weighted by Gasteiger charge is -2.37. The topological polar surface area (TPSA) is 64.6 Å². The van der Waals surface area contributed by atoms with Crippen LogP contribution < -0.4 is 5.32 Å². The van der Waals surface area contributed by atoms with Crippen LogP contribution in [0.1, 0.15) is 18.4 Å². The molecule has 1 heterocycles. The minimum atomic E-state index is -0.635. The molecule has 0 bridgehead atoms. The number of nitrogens with one attached hydrogen (secondary N) is 1. The highest BCUT2D eigenvalue weighted by atomic mass is 16.6. The molecule has 1 aromatic rings. The fourth-order valence-electron chi connectivity index (χ4n) is 2.45. The van der Waals surface area contributed by atoms with E-state index in [1.807, 2.05) is 30.3 Å². The van der Waals surface area contributed by atoms with Crippen LogP contribution in [0.15, 0.2) is 42.5 Å². The Kier molecular flexibility index (Phi) is 5.11. The van der Waals surface area contributed by atoms with Gasteiger partial charge in [0.1, 0.15) is 5.60 Å². The monoisotopic (exact) mass is 289 g/mol. The van der Waals surface area contributed by atoms with Gasteiger partial charge in [-0.15, -0.1) is 0 Å². The number of hydrogen-bond acceptors (Lipinski definition) is 5. The Morgan fingerprint density at radius 2 is 1.71 bits per heavy atom. The summed E-state index contributed by atoms with van der Waals surface area (Å²) in [5, 5.41) is 3.26. The van der Waals surface area contributed by atoms with E-state index in [-0.39, 0.29) is 0 Å². The van der Waals surface area contributed by atoms with E-state index in [4.69, 9.17) is 4.74 Å². The van der Waals surface area contributed by atoms with Crippen LogP contribution in [0.25, 0.3) is 0 Å². The Morgan fingerprint density at radius 1 is 1.10 bits per heavy atom. The molecule has 0 atom stereocenters. The van der Waals surface area contributed by atoms with Gasteiger partial charge in [0.05, 0.1) is 7.11 Å². The Balaban J connectivity index is 2.16. The van der Waals surface area contributed by atoms with Crippen molar-refractivity contribution >= 4 is 11.9 Å². The summed E-state index contributed by atoms with van der Waals surface area (Å²) in [5.74, 6) is -1.11. The number of carbonyl (C=O) groups is 2. The lowest BCUT2D eigenvalue weighted by Crippen LogP contribution is -2.42. The number of benzene rings is 1. The zero-order chi connectivity index (χ0) is 15.1. The minimum Gasteiger partial charge on any atom is -0.466 e. The quantitative estimate of drug-likeness (QED) is 0.673. The Hall–Kier alpha value is -2.14. The van der Waals surface area contributed by atoms with Crippen LogP contribution in [0.4, 0.5) is 0 Å². The van der Waals surface area contributed by atoms with Crippen molar-refractivity contribution in [2.45, 2.75) is 18.4 Å². The molecule has 5 nitrogen and oxygen atoms in total. The molecular formula is C16H19NO4. The van der Waals surface area contributed by atoms with Crippen molar-refractivity contribution in [2.75, 3.05) is 20.2 Å². The molecule has 1 fully saturated rings. The first-order valence-electron chi connectivity index (χ1n) is 6.91. The normalized spacial score (nSPS) is 17.4. The molecule has 5 heteroatoms. The average molecular weight is 289 g/mol. The molecule has 1 saturated heterocycles. The number of piperidine rings is 1. The average Bonchev–Trinajstić information content (AvgIpc) is 2.54. The summed E-state index contributed by atoms with van der Waals surface area (Å²) in [6, 6.07) is 9.71. The molecule has 1 aromatic carbocycles. The third kappa shape index (κ3) is 3.92. The largest absolute Gasteiger partial charge is 0.466 e. The first kappa shape index (κ1) is 15.3. The van der Waals surface area contributed by atoms with E-state index >= 15 is 0 Å². The van der Waals surface area contributed by atoms with E-state index in [2.05, 4.69) is 10.1 Å². The van der Waals surface area contributed by atoms with Gasteiger partial charge in [0.2, 0.25) is 0 Å². The van der Waals surface area contributed by atoms with E-state index in [1.54, 1.807) is 0 Å². The van der Waals surface area contributed by atoms with Crippen molar-refractivity contribution in [1.29, 1.82) is 0 Å². The van der Waals surface area contributed by atoms with Crippen molar-refractivity contribution in [1.82, 2.24) is 5.32 Å². The molecule has 0 amide bonds.